The second kappa shape index (κ2) is 7.35. The van der Waals surface area contributed by atoms with Crippen molar-refractivity contribution in [3.05, 3.63) is 0 Å². The van der Waals surface area contributed by atoms with Crippen LogP contribution in [0.4, 0.5) is 0 Å². The van der Waals surface area contributed by atoms with E-state index in [1.807, 2.05) is 18.6 Å². The van der Waals surface area contributed by atoms with E-state index in [0.717, 1.165) is 6.54 Å². The van der Waals surface area contributed by atoms with E-state index in [2.05, 4.69) is 18.7 Å². The van der Waals surface area contributed by atoms with Crippen LogP contribution in [-0.4, -0.2) is 42.4 Å². The summed E-state index contributed by atoms with van der Waals surface area (Å²) in [7, 11) is 0. The fourth-order valence-corrected chi connectivity index (χ4v) is 2.11. The van der Waals surface area contributed by atoms with Crippen LogP contribution < -0.4 is 5.73 Å². The third-order valence-electron chi connectivity index (χ3n) is 2.15. The summed E-state index contributed by atoms with van der Waals surface area (Å²) in [6, 6.07) is 0.355. The van der Waals surface area contributed by atoms with Crippen molar-refractivity contribution in [2.24, 2.45) is 11.7 Å². The highest BCUT2D eigenvalue weighted by molar-refractivity contribution is 7.99. The molecule has 1 aliphatic rings. The Labute approximate surface area is 85.0 Å². The predicted octanol–water partition coefficient (Wildman–Crippen LogP) is 0.791. The molecule has 1 saturated heterocycles. The zero-order chi connectivity index (χ0) is 10.3. The van der Waals surface area contributed by atoms with Gasteiger partial charge in [-0.15, -0.1) is 11.8 Å². The maximum absolute atomic E-state index is 8.00. The number of carbonyl (C=O) groups is 1. The fraction of sp³-hybridized carbons (Fsp3) is 0.889. The van der Waals surface area contributed by atoms with Crippen molar-refractivity contribution >= 4 is 18.6 Å². The summed E-state index contributed by atoms with van der Waals surface area (Å²) in [4.78, 5) is 10.4. The highest BCUT2D eigenvalue weighted by atomic mass is 32.2. The lowest BCUT2D eigenvalue weighted by molar-refractivity contribution is -0.0979. The van der Waals surface area contributed by atoms with E-state index in [4.69, 9.17) is 10.5 Å². The summed E-state index contributed by atoms with van der Waals surface area (Å²) in [6.07, 6.45) is 0. The molecule has 0 aromatic carbocycles. The fourth-order valence-electron chi connectivity index (χ4n) is 1.10. The zero-order valence-corrected chi connectivity index (χ0v) is 9.35. The molecule has 1 heterocycles. The molecule has 1 rings (SSSR count). The van der Waals surface area contributed by atoms with Crippen LogP contribution in [-0.2, 0) is 4.79 Å². The average Bonchev–Trinajstić information content (AvgIpc) is 2.60. The first-order valence-electron chi connectivity index (χ1n) is 4.54. The van der Waals surface area contributed by atoms with Crippen molar-refractivity contribution in [3.63, 3.8) is 0 Å². The number of hydrogen-bond donors (Lipinski definition) is 1. The Hall–Kier alpha value is -0.0600. The Morgan fingerprint density at radius 3 is 2.54 bits per heavy atom. The number of hydrogen-bond acceptors (Lipinski definition) is 4. The zero-order valence-electron chi connectivity index (χ0n) is 8.53. The summed E-state index contributed by atoms with van der Waals surface area (Å²) >= 11 is 2.01. The van der Waals surface area contributed by atoms with Gasteiger partial charge in [-0.3, -0.25) is 4.90 Å². The van der Waals surface area contributed by atoms with Gasteiger partial charge in [0.1, 0.15) is 6.79 Å². The van der Waals surface area contributed by atoms with Crippen LogP contribution in [0.3, 0.4) is 0 Å². The van der Waals surface area contributed by atoms with Crippen molar-refractivity contribution in [1.82, 2.24) is 4.90 Å². The minimum absolute atomic E-state index is 0.355. The Bertz CT molecular complexity index is 127. The molecule has 0 bridgehead atoms. The Balaban J connectivity index is 0.000000671. The molecule has 0 aliphatic carbocycles. The minimum Gasteiger partial charge on any atom is -0.326 e. The molecule has 13 heavy (non-hydrogen) atoms. The molecule has 0 spiro atoms. The van der Waals surface area contributed by atoms with Crippen molar-refractivity contribution in [2.45, 2.75) is 19.9 Å². The van der Waals surface area contributed by atoms with Crippen molar-refractivity contribution in [2.75, 3.05) is 24.7 Å². The van der Waals surface area contributed by atoms with Crippen LogP contribution >= 0.6 is 11.8 Å². The number of nitrogens with two attached hydrogens (primary N) is 1. The average molecular weight is 204 g/mol. The summed E-state index contributed by atoms with van der Waals surface area (Å²) in [5, 5.41) is 0. The Morgan fingerprint density at radius 2 is 2.15 bits per heavy atom. The summed E-state index contributed by atoms with van der Waals surface area (Å²) in [6.45, 7) is 8.68. The highest BCUT2D eigenvalue weighted by Gasteiger charge is 2.16. The molecule has 3 nitrogen and oxygen atoms in total. The van der Waals surface area contributed by atoms with Crippen molar-refractivity contribution in [1.29, 1.82) is 0 Å². The van der Waals surface area contributed by atoms with E-state index in [9.17, 15) is 0 Å². The highest BCUT2D eigenvalue weighted by Crippen LogP contribution is 2.14. The first-order valence-corrected chi connectivity index (χ1v) is 5.70. The van der Waals surface area contributed by atoms with Crippen LogP contribution in [0.2, 0.25) is 0 Å². The topological polar surface area (TPSA) is 46.3 Å². The molecule has 1 unspecified atom stereocenters. The van der Waals surface area contributed by atoms with Gasteiger partial charge in [-0.1, -0.05) is 13.8 Å². The van der Waals surface area contributed by atoms with Crippen LogP contribution in [0.25, 0.3) is 0 Å². The lowest BCUT2D eigenvalue weighted by Gasteiger charge is -2.21. The molecule has 78 valence electrons. The molecule has 0 saturated carbocycles. The molecular formula is C9H20N2OS. The van der Waals surface area contributed by atoms with Crippen molar-refractivity contribution in [3.8, 4) is 0 Å². The van der Waals surface area contributed by atoms with Gasteiger partial charge in [0.25, 0.3) is 0 Å². The van der Waals surface area contributed by atoms with E-state index >= 15 is 0 Å². The first kappa shape index (κ1) is 12.9. The van der Waals surface area contributed by atoms with Crippen LogP contribution in [0.5, 0.6) is 0 Å². The van der Waals surface area contributed by atoms with Crippen LogP contribution in [0, 0.1) is 5.92 Å². The third-order valence-corrected chi connectivity index (χ3v) is 3.17. The van der Waals surface area contributed by atoms with E-state index in [1.165, 1.54) is 18.2 Å². The molecule has 4 heteroatoms. The molecule has 0 radical (unpaired) electrons. The first-order chi connectivity index (χ1) is 6.20. The lowest BCUT2D eigenvalue weighted by Crippen LogP contribution is -2.39. The van der Waals surface area contributed by atoms with Gasteiger partial charge >= 0.3 is 0 Å². The molecule has 0 amide bonds. The molecule has 1 atom stereocenters. The van der Waals surface area contributed by atoms with Crippen LogP contribution in [0.1, 0.15) is 13.8 Å². The number of nitrogens with zero attached hydrogens (tertiary/aromatic N) is 1. The second-order valence-electron chi connectivity index (χ2n) is 3.52. The predicted molar refractivity (Wildman–Crippen MR) is 58.8 cm³/mol. The summed E-state index contributed by atoms with van der Waals surface area (Å²) < 4.78 is 0. The van der Waals surface area contributed by atoms with E-state index < -0.39 is 0 Å². The number of carbonyl (C=O) groups excluding carboxylic acids is 1. The van der Waals surface area contributed by atoms with Gasteiger partial charge in [0, 0.05) is 30.8 Å². The smallest absolute Gasteiger partial charge is 0.106 e. The standard InChI is InChI=1S/C8H18N2S.CH2O/c1-7(2)8(9)5-10-3-4-11-6-10;1-2/h7-8H,3-6,9H2,1-2H3;1H2. The molecule has 0 aromatic heterocycles. The molecular weight excluding hydrogens is 184 g/mol. The summed E-state index contributed by atoms with van der Waals surface area (Å²) in [5.41, 5.74) is 5.95. The second-order valence-corrected chi connectivity index (χ2v) is 4.60. The molecule has 2 N–H and O–H groups in total. The maximum Gasteiger partial charge on any atom is 0.106 e. The van der Waals surface area contributed by atoms with E-state index in [-0.39, 0.29) is 0 Å². The SMILES string of the molecule is C=O.CC(C)C(N)CN1CCSC1. The van der Waals surface area contributed by atoms with Gasteiger partial charge < -0.3 is 10.5 Å². The van der Waals surface area contributed by atoms with Gasteiger partial charge in [-0.25, -0.2) is 0 Å². The normalized spacial score (nSPS) is 19.7. The summed E-state index contributed by atoms with van der Waals surface area (Å²) in [5.74, 6) is 3.08. The third kappa shape index (κ3) is 5.29. The van der Waals surface area contributed by atoms with E-state index in [0.29, 0.717) is 12.0 Å². The van der Waals surface area contributed by atoms with Crippen molar-refractivity contribution < 1.29 is 4.79 Å². The minimum atomic E-state index is 0.355. The van der Waals surface area contributed by atoms with Gasteiger partial charge in [0.2, 0.25) is 0 Å². The molecule has 0 aromatic rings. The van der Waals surface area contributed by atoms with E-state index in [1.54, 1.807) is 0 Å². The number of rotatable bonds is 3. The Morgan fingerprint density at radius 1 is 1.54 bits per heavy atom. The monoisotopic (exact) mass is 204 g/mol. The molecule has 1 fully saturated rings. The van der Waals surface area contributed by atoms with Gasteiger partial charge in [0.05, 0.1) is 0 Å². The quantitative estimate of drug-likeness (QED) is 0.738. The number of thioether (sulfide) groups is 1. The van der Waals surface area contributed by atoms with Gasteiger partial charge in [-0.05, 0) is 5.92 Å². The maximum atomic E-state index is 8.00. The lowest BCUT2D eigenvalue weighted by atomic mass is 10.1. The van der Waals surface area contributed by atoms with Gasteiger partial charge in [-0.2, -0.15) is 0 Å². The van der Waals surface area contributed by atoms with Gasteiger partial charge in [0.15, 0.2) is 0 Å². The Kier molecular flexibility index (Phi) is 7.32. The molecule has 1 aliphatic heterocycles. The largest absolute Gasteiger partial charge is 0.326 e. The van der Waals surface area contributed by atoms with Crippen LogP contribution in [0.15, 0.2) is 0 Å².